The van der Waals surface area contributed by atoms with E-state index in [2.05, 4.69) is 25.7 Å². The van der Waals surface area contributed by atoms with Gasteiger partial charge in [0.1, 0.15) is 5.82 Å². The van der Waals surface area contributed by atoms with Gasteiger partial charge in [0.15, 0.2) is 4.34 Å². The highest BCUT2D eigenvalue weighted by atomic mass is 32.2. The van der Waals surface area contributed by atoms with Crippen LogP contribution in [0.5, 0.6) is 0 Å². The van der Waals surface area contributed by atoms with E-state index >= 15 is 0 Å². The van der Waals surface area contributed by atoms with E-state index in [-0.39, 0.29) is 5.82 Å². The van der Waals surface area contributed by atoms with Gasteiger partial charge < -0.3 is 9.73 Å². The van der Waals surface area contributed by atoms with E-state index in [4.69, 9.17) is 4.42 Å². The highest BCUT2D eigenvalue weighted by Crippen LogP contribution is 2.29. The van der Waals surface area contributed by atoms with Crippen molar-refractivity contribution >= 4 is 28.2 Å². The van der Waals surface area contributed by atoms with E-state index in [1.165, 1.54) is 35.2 Å². The molecule has 27 heavy (non-hydrogen) atoms. The third-order valence-electron chi connectivity index (χ3n) is 3.57. The number of hydrogen-bond acceptors (Lipinski definition) is 8. The van der Waals surface area contributed by atoms with E-state index in [1.807, 2.05) is 30.3 Å². The molecule has 0 radical (unpaired) electrons. The fraction of sp³-hybridized carbons (Fsp3) is 0.111. The van der Waals surface area contributed by atoms with Crippen LogP contribution in [0.1, 0.15) is 11.5 Å². The summed E-state index contributed by atoms with van der Waals surface area (Å²) in [7, 11) is 0. The number of benzene rings is 2. The minimum atomic E-state index is -0.246. The van der Waals surface area contributed by atoms with Gasteiger partial charge in [-0.15, -0.1) is 20.4 Å². The maximum atomic E-state index is 12.9. The first kappa shape index (κ1) is 17.6. The molecule has 136 valence electrons. The smallest absolute Gasteiger partial charge is 0.247 e. The van der Waals surface area contributed by atoms with Crippen molar-refractivity contribution in [3.63, 3.8) is 0 Å². The number of anilines is 1. The molecule has 4 aromatic rings. The summed E-state index contributed by atoms with van der Waals surface area (Å²) in [6, 6.07) is 16.0. The van der Waals surface area contributed by atoms with Crippen LogP contribution in [0.4, 0.5) is 9.52 Å². The third-order valence-corrected chi connectivity index (χ3v) is 5.57. The molecular weight excluding hydrogens is 385 g/mol. The number of aromatic nitrogens is 4. The predicted octanol–water partition coefficient (Wildman–Crippen LogP) is 4.63. The lowest BCUT2D eigenvalue weighted by atomic mass is 10.2. The zero-order valence-electron chi connectivity index (χ0n) is 14.0. The van der Waals surface area contributed by atoms with Crippen molar-refractivity contribution in [2.24, 2.45) is 0 Å². The molecule has 0 bridgehead atoms. The molecule has 0 fully saturated rings. The van der Waals surface area contributed by atoms with Crippen LogP contribution in [0.2, 0.25) is 0 Å². The topological polar surface area (TPSA) is 76.7 Å². The Bertz CT molecular complexity index is 1000. The van der Waals surface area contributed by atoms with Crippen LogP contribution in [0.15, 0.2) is 63.4 Å². The monoisotopic (exact) mass is 399 g/mol. The fourth-order valence-electron chi connectivity index (χ4n) is 2.25. The van der Waals surface area contributed by atoms with E-state index in [0.29, 0.717) is 29.2 Å². The maximum absolute atomic E-state index is 12.9. The molecule has 0 aliphatic rings. The van der Waals surface area contributed by atoms with E-state index in [0.717, 1.165) is 15.5 Å². The van der Waals surface area contributed by atoms with Crippen molar-refractivity contribution in [2.45, 2.75) is 16.6 Å². The molecule has 0 atom stereocenters. The molecule has 0 saturated carbocycles. The zero-order chi connectivity index (χ0) is 18.5. The first-order chi connectivity index (χ1) is 13.3. The molecule has 6 nitrogen and oxygen atoms in total. The van der Waals surface area contributed by atoms with Crippen molar-refractivity contribution in [3.8, 4) is 11.5 Å². The van der Waals surface area contributed by atoms with Crippen LogP contribution in [0, 0.1) is 5.82 Å². The summed E-state index contributed by atoms with van der Waals surface area (Å²) >= 11 is 2.93. The number of thioether (sulfide) groups is 1. The lowest BCUT2D eigenvalue weighted by Crippen LogP contribution is -1.98. The molecule has 0 amide bonds. The maximum Gasteiger partial charge on any atom is 0.247 e. The minimum absolute atomic E-state index is 0.246. The quantitative estimate of drug-likeness (QED) is 0.454. The SMILES string of the molecule is Fc1ccc(CNc2nnc(SCc3nnc(-c4ccccc4)o3)s2)cc1. The Morgan fingerprint density at radius 1 is 0.963 bits per heavy atom. The van der Waals surface area contributed by atoms with Crippen LogP contribution < -0.4 is 5.32 Å². The van der Waals surface area contributed by atoms with Crippen molar-refractivity contribution in [3.05, 3.63) is 71.9 Å². The van der Waals surface area contributed by atoms with Gasteiger partial charge in [0.05, 0.1) is 5.75 Å². The number of hydrogen-bond donors (Lipinski definition) is 1. The van der Waals surface area contributed by atoms with Gasteiger partial charge in [-0.1, -0.05) is 53.4 Å². The summed E-state index contributed by atoms with van der Waals surface area (Å²) in [4.78, 5) is 0. The van der Waals surface area contributed by atoms with Crippen LogP contribution in [0.25, 0.3) is 11.5 Å². The Morgan fingerprint density at radius 2 is 1.78 bits per heavy atom. The van der Waals surface area contributed by atoms with E-state index in [1.54, 1.807) is 12.1 Å². The molecule has 4 rings (SSSR count). The molecule has 2 heterocycles. The van der Waals surface area contributed by atoms with E-state index < -0.39 is 0 Å². The Morgan fingerprint density at radius 3 is 2.59 bits per heavy atom. The summed E-state index contributed by atoms with van der Waals surface area (Å²) in [6.45, 7) is 0.559. The zero-order valence-corrected chi connectivity index (χ0v) is 15.6. The van der Waals surface area contributed by atoms with Gasteiger partial charge in [-0.05, 0) is 29.8 Å². The summed E-state index contributed by atoms with van der Waals surface area (Å²) in [5.74, 6) is 1.32. The summed E-state index contributed by atoms with van der Waals surface area (Å²) in [5, 5.41) is 20.3. The first-order valence-corrected chi connectivity index (χ1v) is 9.89. The van der Waals surface area contributed by atoms with Crippen molar-refractivity contribution in [1.29, 1.82) is 0 Å². The van der Waals surface area contributed by atoms with Gasteiger partial charge in [-0.3, -0.25) is 0 Å². The van der Waals surface area contributed by atoms with Gasteiger partial charge in [0.25, 0.3) is 0 Å². The Balaban J connectivity index is 1.31. The van der Waals surface area contributed by atoms with E-state index in [9.17, 15) is 4.39 Å². The lowest BCUT2D eigenvalue weighted by Gasteiger charge is -2.01. The van der Waals surface area contributed by atoms with Gasteiger partial charge in [-0.25, -0.2) is 4.39 Å². The number of rotatable bonds is 7. The largest absolute Gasteiger partial charge is 0.420 e. The molecule has 1 N–H and O–H groups in total. The number of nitrogens with one attached hydrogen (secondary N) is 1. The minimum Gasteiger partial charge on any atom is -0.420 e. The van der Waals surface area contributed by atoms with Gasteiger partial charge in [-0.2, -0.15) is 0 Å². The Kier molecular flexibility index (Phi) is 5.40. The standard InChI is InChI=1S/C18H14FN5OS2/c19-14-8-6-12(7-9-14)10-20-17-23-24-18(27-17)26-11-15-21-22-16(25-15)13-4-2-1-3-5-13/h1-9H,10-11H2,(H,20,23). The summed E-state index contributed by atoms with van der Waals surface area (Å²) < 4.78 is 19.4. The molecule has 0 aliphatic carbocycles. The van der Waals surface area contributed by atoms with Crippen LogP contribution in [-0.4, -0.2) is 20.4 Å². The number of nitrogens with zero attached hydrogens (tertiary/aromatic N) is 4. The molecule has 2 aromatic heterocycles. The Labute approximate surface area is 162 Å². The second-order valence-corrected chi connectivity index (χ2v) is 7.71. The molecule has 0 saturated heterocycles. The molecule has 0 unspecified atom stereocenters. The van der Waals surface area contributed by atoms with Crippen molar-refractivity contribution in [2.75, 3.05) is 5.32 Å². The average molecular weight is 399 g/mol. The van der Waals surface area contributed by atoms with Gasteiger partial charge in [0.2, 0.25) is 16.9 Å². The third kappa shape index (κ3) is 4.69. The molecule has 0 spiro atoms. The molecule has 9 heteroatoms. The average Bonchev–Trinajstić information content (AvgIpc) is 3.36. The predicted molar refractivity (Wildman–Crippen MR) is 103 cm³/mol. The van der Waals surface area contributed by atoms with Crippen LogP contribution in [-0.2, 0) is 12.3 Å². The Hall–Kier alpha value is -2.78. The summed E-state index contributed by atoms with van der Waals surface area (Å²) in [5.41, 5.74) is 1.87. The second kappa shape index (κ2) is 8.28. The fourth-order valence-corrected chi connectivity index (χ4v) is 3.84. The normalized spacial score (nSPS) is 10.9. The first-order valence-electron chi connectivity index (χ1n) is 8.09. The van der Waals surface area contributed by atoms with Crippen LogP contribution in [0.3, 0.4) is 0 Å². The van der Waals surface area contributed by atoms with Crippen LogP contribution >= 0.6 is 23.1 Å². The summed E-state index contributed by atoms with van der Waals surface area (Å²) in [6.07, 6.45) is 0. The second-order valence-electron chi connectivity index (χ2n) is 5.51. The molecule has 0 aliphatic heterocycles. The molecular formula is C18H14FN5OS2. The highest BCUT2D eigenvalue weighted by molar-refractivity contribution is 8.00. The van der Waals surface area contributed by atoms with Gasteiger partial charge in [0, 0.05) is 12.1 Å². The molecule has 2 aromatic carbocycles. The lowest BCUT2D eigenvalue weighted by molar-refractivity contribution is 0.528. The van der Waals surface area contributed by atoms with Crippen molar-refractivity contribution < 1.29 is 8.81 Å². The number of halogens is 1. The van der Waals surface area contributed by atoms with Gasteiger partial charge >= 0.3 is 0 Å². The highest BCUT2D eigenvalue weighted by Gasteiger charge is 2.11. The van der Waals surface area contributed by atoms with Crippen molar-refractivity contribution in [1.82, 2.24) is 20.4 Å².